The molecule has 1 aliphatic rings. The molecule has 1 heteroatoms. The first-order valence-electron chi connectivity index (χ1n) is 6.33. The van der Waals surface area contributed by atoms with E-state index in [-0.39, 0.29) is 20.9 Å². The van der Waals surface area contributed by atoms with Crippen molar-refractivity contribution in [1.82, 2.24) is 0 Å². The van der Waals surface area contributed by atoms with Crippen molar-refractivity contribution in [3.8, 4) is 0 Å². The normalized spacial score (nSPS) is 20.9. The number of hydrogen-bond acceptors (Lipinski definition) is 0. The second kappa shape index (κ2) is 5.17. The van der Waals surface area contributed by atoms with E-state index in [0.29, 0.717) is 0 Å². The van der Waals surface area contributed by atoms with Crippen LogP contribution >= 0.6 is 0 Å². The quantitative estimate of drug-likeness (QED) is 0.520. The Morgan fingerprint density at radius 2 is 1.53 bits per heavy atom. The molecular weight excluding hydrogens is 320 g/mol. The van der Waals surface area contributed by atoms with E-state index in [2.05, 4.69) is 46.8 Å². The van der Waals surface area contributed by atoms with Gasteiger partial charge in [0, 0.05) is 0 Å². The van der Waals surface area contributed by atoms with Gasteiger partial charge in [-0.25, -0.2) is 0 Å². The Hall–Kier alpha value is -0.250. The third-order valence-corrected chi connectivity index (χ3v) is 7.79. The molecule has 0 radical (unpaired) electrons. The summed E-state index contributed by atoms with van der Waals surface area (Å²) in [6.07, 6.45) is 1.32. The van der Waals surface area contributed by atoms with Crippen LogP contribution in [0.15, 0.2) is 23.3 Å². The van der Waals surface area contributed by atoms with Gasteiger partial charge in [-0.15, -0.1) is 0 Å². The fourth-order valence-electron chi connectivity index (χ4n) is 2.74. The van der Waals surface area contributed by atoms with Gasteiger partial charge in [-0.3, -0.25) is 0 Å². The molecule has 1 aliphatic heterocycles. The monoisotopic (exact) mass is 344 g/mol. The summed E-state index contributed by atoms with van der Waals surface area (Å²) in [5.41, 5.74) is 9.43. The SMILES string of the molecule is CC1=C(C)CC(c2c(C)cc(C)cc2C)[Te]C1. The Balaban J connectivity index is 2.36. The Morgan fingerprint density at radius 3 is 2.06 bits per heavy atom. The molecule has 2 rings (SSSR count). The molecular formula is C16H22Te. The zero-order valence-electron chi connectivity index (χ0n) is 11.6. The predicted octanol–water partition coefficient (Wildman–Crippen LogP) is 4.52. The van der Waals surface area contributed by atoms with Gasteiger partial charge >= 0.3 is 116 Å². The topological polar surface area (TPSA) is 0 Å². The molecule has 0 spiro atoms. The summed E-state index contributed by atoms with van der Waals surface area (Å²) in [5.74, 6) is 0. The summed E-state index contributed by atoms with van der Waals surface area (Å²) in [5, 5.41) is 0. The van der Waals surface area contributed by atoms with Crippen molar-refractivity contribution in [3.05, 3.63) is 45.5 Å². The Labute approximate surface area is 116 Å². The van der Waals surface area contributed by atoms with Crippen LogP contribution in [0, 0.1) is 20.8 Å². The van der Waals surface area contributed by atoms with Crippen molar-refractivity contribution in [2.75, 3.05) is 0 Å². The van der Waals surface area contributed by atoms with E-state index in [4.69, 9.17) is 0 Å². The van der Waals surface area contributed by atoms with E-state index >= 15 is 0 Å². The number of rotatable bonds is 1. The molecule has 0 saturated carbocycles. The van der Waals surface area contributed by atoms with Crippen LogP contribution in [0.1, 0.15) is 46.5 Å². The molecule has 0 bridgehead atoms. The van der Waals surface area contributed by atoms with Crippen molar-refractivity contribution in [2.45, 2.75) is 49.5 Å². The maximum atomic E-state index is 2.36. The van der Waals surface area contributed by atoms with E-state index in [1.807, 2.05) is 0 Å². The van der Waals surface area contributed by atoms with Crippen LogP contribution in [-0.4, -0.2) is 20.9 Å². The van der Waals surface area contributed by atoms with Gasteiger partial charge in [-0.2, -0.15) is 0 Å². The van der Waals surface area contributed by atoms with E-state index < -0.39 is 0 Å². The van der Waals surface area contributed by atoms with Crippen LogP contribution in [0.3, 0.4) is 0 Å². The zero-order chi connectivity index (χ0) is 12.6. The molecule has 1 aromatic carbocycles. The molecule has 92 valence electrons. The van der Waals surface area contributed by atoms with Crippen LogP contribution in [-0.2, 0) is 0 Å². The molecule has 1 heterocycles. The maximum absolute atomic E-state index is 2.36. The number of aryl methyl sites for hydroxylation is 3. The predicted molar refractivity (Wildman–Crippen MR) is 76.9 cm³/mol. The van der Waals surface area contributed by atoms with Crippen molar-refractivity contribution >= 4 is 20.9 Å². The average molecular weight is 342 g/mol. The average Bonchev–Trinajstić information content (AvgIpc) is 2.21. The van der Waals surface area contributed by atoms with Gasteiger partial charge in [0.2, 0.25) is 0 Å². The van der Waals surface area contributed by atoms with Gasteiger partial charge < -0.3 is 0 Å². The Morgan fingerprint density at radius 1 is 0.941 bits per heavy atom. The summed E-state index contributed by atoms with van der Waals surface area (Å²) >= 11 is 0.115. The number of benzene rings is 1. The molecule has 0 fully saturated rings. The van der Waals surface area contributed by atoms with Crippen LogP contribution in [0.25, 0.3) is 0 Å². The fraction of sp³-hybridized carbons (Fsp3) is 0.500. The molecule has 1 aromatic rings. The van der Waals surface area contributed by atoms with Crippen molar-refractivity contribution in [1.29, 1.82) is 0 Å². The van der Waals surface area contributed by atoms with Gasteiger partial charge in [0.15, 0.2) is 0 Å². The number of allylic oxidation sites excluding steroid dienone is 2. The van der Waals surface area contributed by atoms with E-state index in [0.717, 1.165) is 3.97 Å². The first kappa shape index (κ1) is 13.2. The van der Waals surface area contributed by atoms with Gasteiger partial charge in [-0.1, -0.05) is 0 Å². The van der Waals surface area contributed by atoms with Crippen molar-refractivity contribution in [2.24, 2.45) is 0 Å². The Bertz CT molecular complexity index is 445. The summed E-state index contributed by atoms with van der Waals surface area (Å²) in [4.78, 5) is 0. The molecule has 0 N–H and O–H groups in total. The summed E-state index contributed by atoms with van der Waals surface area (Å²) in [6, 6.07) is 4.71. The van der Waals surface area contributed by atoms with E-state index in [1.165, 1.54) is 27.6 Å². The van der Waals surface area contributed by atoms with E-state index in [1.54, 1.807) is 16.7 Å². The van der Waals surface area contributed by atoms with Gasteiger partial charge in [0.25, 0.3) is 0 Å². The first-order chi connectivity index (χ1) is 7.99. The second-order valence-corrected chi connectivity index (χ2v) is 8.78. The van der Waals surface area contributed by atoms with Crippen LogP contribution in [0.5, 0.6) is 0 Å². The molecule has 0 aliphatic carbocycles. The summed E-state index contributed by atoms with van der Waals surface area (Å²) in [6.45, 7) is 11.4. The minimum atomic E-state index is 0.115. The molecule has 0 amide bonds. The minimum absolute atomic E-state index is 0.115. The van der Waals surface area contributed by atoms with Crippen LogP contribution in [0.4, 0.5) is 0 Å². The zero-order valence-corrected chi connectivity index (χ0v) is 13.9. The molecule has 17 heavy (non-hydrogen) atoms. The summed E-state index contributed by atoms with van der Waals surface area (Å²) < 4.78 is 2.29. The molecule has 0 saturated heterocycles. The Kier molecular flexibility index (Phi) is 4.01. The van der Waals surface area contributed by atoms with Gasteiger partial charge in [-0.05, 0) is 0 Å². The number of hydrogen-bond donors (Lipinski definition) is 0. The molecule has 1 unspecified atom stereocenters. The van der Waals surface area contributed by atoms with Crippen molar-refractivity contribution < 1.29 is 0 Å². The molecule has 0 aromatic heterocycles. The van der Waals surface area contributed by atoms with Gasteiger partial charge in [0.05, 0.1) is 0 Å². The molecule has 0 nitrogen and oxygen atoms in total. The van der Waals surface area contributed by atoms with Gasteiger partial charge in [0.1, 0.15) is 0 Å². The van der Waals surface area contributed by atoms with Crippen LogP contribution < -0.4 is 0 Å². The third-order valence-electron chi connectivity index (χ3n) is 3.78. The molecule has 1 atom stereocenters. The second-order valence-electron chi connectivity index (χ2n) is 5.38. The van der Waals surface area contributed by atoms with E-state index in [9.17, 15) is 0 Å². The van der Waals surface area contributed by atoms with Crippen molar-refractivity contribution in [3.63, 3.8) is 0 Å². The third kappa shape index (κ3) is 2.78. The summed E-state index contributed by atoms with van der Waals surface area (Å²) in [7, 11) is 0. The first-order valence-corrected chi connectivity index (χ1v) is 9.33. The van der Waals surface area contributed by atoms with Crippen LogP contribution in [0.2, 0.25) is 4.47 Å². The fourth-order valence-corrected chi connectivity index (χ4v) is 7.32. The standard InChI is InChI=1S/C16H22Te/c1-10-6-12(3)16(13(4)7-10)15-8-11(2)14(5)9-17-15/h6-7,15H,8-9H2,1-5H3.